The van der Waals surface area contributed by atoms with Crippen molar-refractivity contribution in [2.75, 3.05) is 5.32 Å². The van der Waals surface area contributed by atoms with E-state index in [9.17, 15) is 0 Å². The Morgan fingerprint density at radius 2 is 1.59 bits per heavy atom. The summed E-state index contributed by atoms with van der Waals surface area (Å²) in [7, 11) is 0. The molecule has 5 aromatic rings. The van der Waals surface area contributed by atoms with Crippen molar-refractivity contribution in [3.8, 4) is 31.7 Å². The highest BCUT2D eigenvalue weighted by Gasteiger charge is 2.12. The molecular weight excluding hydrogens is 416 g/mol. The zero-order valence-electron chi connectivity index (χ0n) is 15.5. The highest BCUT2D eigenvalue weighted by molar-refractivity contribution is 7.23. The first-order chi connectivity index (χ1) is 14.3. The van der Waals surface area contributed by atoms with Gasteiger partial charge in [0.25, 0.3) is 0 Å². The fourth-order valence-electron chi connectivity index (χ4n) is 2.98. The van der Waals surface area contributed by atoms with Gasteiger partial charge in [-0.1, -0.05) is 59.9 Å². The summed E-state index contributed by atoms with van der Waals surface area (Å²) >= 11 is 4.96. The van der Waals surface area contributed by atoms with E-state index in [0.717, 1.165) is 42.5 Å². The molecule has 5 rings (SSSR count). The van der Waals surface area contributed by atoms with Gasteiger partial charge in [0, 0.05) is 21.7 Å². The molecule has 0 saturated carbocycles. The molecule has 0 spiro atoms. The standard InChI is InChI=1S/C22H16N4S3/c1-14-19(24-20(28-14)16-6-3-2-4-7-16)15-9-11-17(12-10-15)23-22-26-25-21(29-22)18-8-5-13-27-18/h2-13H,1H3,(H,23,26). The SMILES string of the molecule is Cc1sc(-c2ccccc2)nc1-c1ccc(Nc2nnc(-c3cccs3)s2)cc1. The monoisotopic (exact) mass is 432 g/mol. The molecule has 3 heterocycles. The number of aromatic nitrogens is 3. The van der Waals surface area contributed by atoms with E-state index < -0.39 is 0 Å². The lowest BCUT2D eigenvalue weighted by atomic mass is 10.1. The van der Waals surface area contributed by atoms with Crippen molar-refractivity contribution < 1.29 is 0 Å². The number of rotatable bonds is 5. The Hall–Kier alpha value is -2.87. The molecule has 0 fully saturated rings. The Bertz CT molecular complexity index is 1220. The van der Waals surface area contributed by atoms with Gasteiger partial charge in [-0.3, -0.25) is 0 Å². The molecule has 3 aromatic heterocycles. The number of hydrogen-bond donors (Lipinski definition) is 1. The smallest absolute Gasteiger partial charge is 0.210 e. The molecule has 2 aromatic carbocycles. The van der Waals surface area contributed by atoms with Crippen LogP contribution in [0.3, 0.4) is 0 Å². The molecule has 0 aliphatic carbocycles. The third-order valence-electron chi connectivity index (χ3n) is 4.38. The molecule has 4 nitrogen and oxygen atoms in total. The van der Waals surface area contributed by atoms with Crippen molar-refractivity contribution in [3.05, 3.63) is 77.0 Å². The fourth-order valence-corrected chi connectivity index (χ4v) is 5.47. The molecule has 0 aliphatic heterocycles. The Balaban J connectivity index is 1.35. The second kappa shape index (κ2) is 7.87. The number of thiophene rings is 1. The largest absolute Gasteiger partial charge is 0.330 e. The van der Waals surface area contributed by atoms with Crippen LogP contribution in [-0.4, -0.2) is 15.2 Å². The number of aryl methyl sites for hydroxylation is 1. The number of nitrogens with one attached hydrogen (secondary N) is 1. The summed E-state index contributed by atoms with van der Waals surface area (Å²) in [6, 6.07) is 22.7. The lowest BCUT2D eigenvalue weighted by molar-refractivity contribution is 1.10. The summed E-state index contributed by atoms with van der Waals surface area (Å²) < 4.78 is 0. The lowest BCUT2D eigenvalue weighted by Crippen LogP contribution is -1.89. The van der Waals surface area contributed by atoms with Crippen LogP contribution in [0.2, 0.25) is 0 Å². The summed E-state index contributed by atoms with van der Waals surface area (Å²) in [5.74, 6) is 0. The Morgan fingerprint density at radius 3 is 2.34 bits per heavy atom. The number of anilines is 2. The van der Waals surface area contributed by atoms with Crippen molar-refractivity contribution in [2.24, 2.45) is 0 Å². The fraction of sp³-hybridized carbons (Fsp3) is 0.0455. The molecule has 0 atom stereocenters. The molecule has 29 heavy (non-hydrogen) atoms. The number of hydrogen-bond acceptors (Lipinski definition) is 7. The van der Waals surface area contributed by atoms with E-state index in [-0.39, 0.29) is 0 Å². The van der Waals surface area contributed by atoms with Crippen LogP contribution < -0.4 is 5.32 Å². The van der Waals surface area contributed by atoms with Crippen LogP contribution in [0.4, 0.5) is 10.8 Å². The number of thiazole rings is 1. The van der Waals surface area contributed by atoms with Crippen LogP contribution in [0.5, 0.6) is 0 Å². The second-order valence-electron chi connectivity index (χ2n) is 6.38. The Labute approximate surface area is 180 Å². The topological polar surface area (TPSA) is 50.7 Å². The molecule has 0 unspecified atom stereocenters. The average molecular weight is 433 g/mol. The van der Waals surface area contributed by atoms with Crippen LogP contribution in [0, 0.1) is 6.92 Å². The quantitative estimate of drug-likeness (QED) is 0.321. The predicted octanol–water partition coefficient (Wildman–Crippen LogP) is 7.11. The van der Waals surface area contributed by atoms with Crippen molar-refractivity contribution >= 4 is 44.8 Å². The molecule has 0 saturated heterocycles. The summed E-state index contributed by atoms with van der Waals surface area (Å²) in [5.41, 5.74) is 4.29. The Morgan fingerprint density at radius 1 is 0.759 bits per heavy atom. The van der Waals surface area contributed by atoms with Crippen molar-refractivity contribution in [3.63, 3.8) is 0 Å². The first-order valence-electron chi connectivity index (χ1n) is 9.04. The van der Waals surface area contributed by atoms with Gasteiger partial charge in [-0.15, -0.1) is 32.9 Å². The predicted molar refractivity (Wildman–Crippen MR) is 124 cm³/mol. The average Bonchev–Trinajstić information content (AvgIpc) is 3.50. The van der Waals surface area contributed by atoms with E-state index in [1.807, 2.05) is 29.6 Å². The van der Waals surface area contributed by atoms with E-state index in [0.29, 0.717) is 0 Å². The van der Waals surface area contributed by atoms with Gasteiger partial charge in [0.1, 0.15) is 5.01 Å². The minimum atomic E-state index is 0.789. The normalized spacial score (nSPS) is 10.9. The van der Waals surface area contributed by atoms with Crippen molar-refractivity contribution in [1.29, 1.82) is 0 Å². The van der Waals surface area contributed by atoms with Gasteiger partial charge in [-0.2, -0.15) is 0 Å². The maximum absolute atomic E-state index is 4.87. The minimum absolute atomic E-state index is 0.789. The lowest BCUT2D eigenvalue weighted by Gasteiger charge is -2.04. The van der Waals surface area contributed by atoms with Gasteiger partial charge in [-0.25, -0.2) is 4.98 Å². The third kappa shape index (κ3) is 3.85. The summed E-state index contributed by atoms with van der Waals surface area (Å²) in [6.07, 6.45) is 0. The second-order valence-corrected chi connectivity index (χ2v) is 9.51. The summed E-state index contributed by atoms with van der Waals surface area (Å²) in [4.78, 5) is 7.23. The van der Waals surface area contributed by atoms with Crippen LogP contribution in [0.15, 0.2) is 72.1 Å². The van der Waals surface area contributed by atoms with Gasteiger partial charge in [-0.05, 0) is 30.5 Å². The van der Waals surface area contributed by atoms with Crippen LogP contribution in [0.25, 0.3) is 31.7 Å². The number of benzene rings is 2. The van der Waals surface area contributed by atoms with E-state index in [1.165, 1.54) is 4.88 Å². The molecule has 0 amide bonds. The highest BCUT2D eigenvalue weighted by atomic mass is 32.1. The molecule has 0 bridgehead atoms. The molecule has 7 heteroatoms. The molecule has 0 aliphatic rings. The van der Waals surface area contributed by atoms with E-state index >= 15 is 0 Å². The molecule has 142 valence electrons. The van der Waals surface area contributed by atoms with E-state index in [2.05, 4.69) is 64.9 Å². The summed E-state index contributed by atoms with van der Waals surface area (Å²) in [6.45, 7) is 2.12. The van der Waals surface area contributed by atoms with Crippen molar-refractivity contribution in [1.82, 2.24) is 15.2 Å². The van der Waals surface area contributed by atoms with Gasteiger partial charge in [0.05, 0.1) is 10.6 Å². The third-order valence-corrected chi connectivity index (χ3v) is 7.28. The molecule has 0 radical (unpaired) electrons. The first-order valence-corrected chi connectivity index (χ1v) is 11.6. The van der Waals surface area contributed by atoms with Crippen LogP contribution in [-0.2, 0) is 0 Å². The molecule has 1 N–H and O–H groups in total. The van der Waals surface area contributed by atoms with Gasteiger partial charge < -0.3 is 5.32 Å². The Kier molecular flexibility index (Phi) is 4.93. The number of nitrogens with zero attached hydrogens (tertiary/aromatic N) is 3. The van der Waals surface area contributed by atoms with Gasteiger partial charge in [0.15, 0.2) is 5.01 Å². The maximum atomic E-state index is 4.87. The minimum Gasteiger partial charge on any atom is -0.330 e. The van der Waals surface area contributed by atoms with E-state index in [1.54, 1.807) is 34.0 Å². The van der Waals surface area contributed by atoms with Gasteiger partial charge in [0.2, 0.25) is 5.13 Å². The first kappa shape index (κ1) is 18.2. The summed E-state index contributed by atoms with van der Waals surface area (Å²) in [5, 5.41) is 16.7. The zero-order chi connectivity index (χ0) is 19.6. The van der Waals surface area contributed by atoms with Crippen molar-refractivity contribution in [2.45, 2.75) is 6.92 Å². The van der Waals surface area contributed by atoms with E-state index in [4.69, 9.17) is 4.98 Å². The highest BCUT2D eigenvalue weighted by Crippen LogP contribution is 2.34. The van der Waals surface area contributed by atoms with Crippen LogP contribution >= 0.6 is 34.0 Å². The van der Waals surface area contributed by atoms with Gasteiger partial charge >= 0.3 is 0 Å². The molecular formula is C22H16N4S3. The maximum Gasteiger partial charge on any atom is 0.210 e. The zero-order valence-corrected chi connectivity index (χ0v) is 17.9. The van der Waals surface area contributed by atoms with Crippen LogP contribution in [0.1, 0.15) is 4.88 Å².